The van der Waals surface area contributed by atoms with Gasteiger partial charge in [0.05, 0.1) is 6.21 Å². The van der Waals surface area contributed by atoms with Crippen molar-refractivity contribution in [1.82, 2.24) is 0 Å². The molecule has 2 nitrogen and oxygen atoms in total. The van der Waals surface area contributed by atoms with Gasteiger partial charge >= 0.3 is 0 Å². The highest BCUT2D eigenvalue weighted by molar-refractivity contribution is 5.73. The topological polar surface area (TPSA) is 16.2 Å². The number of nitrogens with zero attached hydrogens (tertiary/aromatic N) is 2. The van der Waals surface area contributed by atoms with Crippen molar-refractivity contribution >= 4 is 6.21 Å². The molecule has 0 bridgehead atoms. The highest BCUT2D eigenvalue weighted by Crippen LogP contribution is 2.28. The summed E-state index contributed by atoms with van der Waals surface area (Å²) in [6.07, 6.45) is 1.83. The average molecular weight is 349 g/mol. The molecule has 4 aromatic rings. The van der Waals surface area contributed by atoms with Gasteiger partial charge in [-0.15, -0.1) is 0 Å². The Bertz CT molecular complexity index is 993. The number of hydrogen-bond acceptors (Lipinski definition) is 1. The molecule has 0 aliphatic carbocycles. The third-order valence-corrected chi connectivity index (χ3v) is 4.52. The third kappa shape index (κ3) is 3.56. The van der Waals surface area contributed by atoms with Gasteiger partial charge in [0.1, 0.15) is 0 Å². The first-order chi connectivity index (χ1) is 13.4. The highest BCUT2D eigenvalue weighted by atomic mass is 15.3. The van der Waals surface area contributed by atoms with Gasteiger partial charge in [-0.25, -0.2) is 0 Å². The Labute approximate surface area is 160 Å². The van der Waals surface area contributed by atoms with E-state index in [1.165, 1.54) is 11.1 Å². The molecule has 0 fully saturated rings. The molecular weight excluding hydrogens is 328 g/mol. The standard InChI is InChI=1S/C25H21N2/c1-2-26-27-24(21-14-8-4-9-15-21)18-23(20-12-6-3-7-13-20)19-25(27)22-16-10-5-11-17-22/h2-19H,1H3/q+1/b26-2-. The van der Waals surface area contributed by atoms with Crippen molar-refractivity contribution in [2.24, 2.45) is 5.10 Å². The minimum atomic E-state index is 1.06. The molecule has 0 N–H and O–H groups in total. The summed E-state index contributed by atoms with van der Waals surface area (Å²) in [6.45, 7) is 1.95. The van der Waals surface area contributed by atoms with Crippen LogP contribution in [0.3, 0.4) is 0 Å². The molecule has 1 heterocycles. The van der Waals surface area contributed by atoms with Crippen LogP contribution in [0.2, 0.25) is 0 Å². The fraction of sp³-hybridized carbons (Fsp3) is 0.0400. The van der Waals surface area contributed by atoms with Crippen LogP contribution in [0.15, 0.2) is 108 Å². The summed E-state index contributed by atoms with van der Waals surface area (Å²) in [5.41, 5.74) is 6.77. The van der Waals surface area contributed by atoms with Gasteiger partial charge in [-0.1, -0.05) is 66.7 Å². The van der Waals surface area contributed by atoms with Crippen molar-refractivity contribution in [2.75, 3.05) is 0 Å². The minimum absolute atomic E-state index is 1.06. The molecule has 4 rings (SSSR count). The van der Waals surface area contributed by atoms with E-state index in [1.807, 2.05) is 36.0 Å². The fourth-order valence-corrected chi connectivity index (χ4v) is 3.25. The summed E-state index contributed by atoms with van der Waals surface area (Å²) in [6, 6.07) is 35.7. The van der Waals surface area contributed by atoms with E-state index in [9.17, 15) is 0 Å². The maximum absolute atomic E-state index is 4.69. The van der Waals surface area contributed by atoms with E-state index < -0.39 is 0 Å². The van der Waals surface area contributed by atoms with Crippen LogP contribution in [0.1, 0.15) is 6.92 Å². The van der Waals surface area contributed by atoms with Gasteiger partial charge in [0.15, 0.2) is 0 Å². The highest BCUT2D eigenvalue weighted by Gasteiger charge is 2.22. The molecule has 0 amide bonds. The second-order valence-electron chi connectivity index (χ2n) is 6.30. The summed E-state index contributed by atoms with van der Waals surface area (Å²) < 4.78 is 2.02. The molecule has 0 saturated carbocycles. The van der Waals surface area contributed by atoms with E-state index >= 15 is 0 Å². The summed E-state index contributed by atoms with van der Waals surface area (Å²) in [5.74, 6) is 0. The first kappa shape index (κ1) is 16.9. The molecule has 27 heavy (non-hydrogen) atoms. The third-order valence-electron chi connectivity index (χ3n) is 4.52. The molecule has 2 heteroatoms. The van der Waals surface area contributed by atoms with E-state index in [1.54, 1.807) is 0 Å². The zero-order chi connectivity index (χ0) is 18.5. The quantitative estimate of drug-likeness (QED) is 0.326. The number of aromatic nitrogens is 1. The predicted molar refractivity (Wildman–Crippen MR) is 113 cm³/mol. The summed E-state index contributed by atoms with van der Waals surface area (Å²) in [4.78, 5) is 0. The maximum Gasteiger partial charge on any atom is 0.246 e. The minimum Gasteiger partial charge on any atom is -0.0622 e. The summed E-state index contributed by atoms with van der Waals surface area (Å²) >= 11 is 0. The lowest BCUT2D eigenvalue weighted by Crippen LogP contribution is -2.33. The lowest BCUT2D eigenvalue weighted by Gasteiger charge is -2.08. The second-order valence-corrected chi connectivity index (χ2v) is 6.30. The number of rotatable bonds is 4. The largest absolute Gasteiger partial charge is 0.246 e. The van der Waals surface area contributed by atoms with Gasteiger partial charge in [0.2, 0.25) is 11.4 Å². The van der Waals surface area contributed by atoms with Crippen LogP contribution in [-0.2, 0) is 0 Å². The number of benzene rings is 3. The van der Waals surface area contributed by atoms with Gasteiger partial charge in [-0.3, -0.25) is 0 Å². The summed E-state index contributed by atoms with van der Waals surface area (Å²) in [5, 5.41) is 4.69. The molecule has 0 aliphatic heterocycles. The summed E-state index contributed by atoms with van der Waals surface area (Å²) in [7, 11) is 0. The lowest BCUT2D eigenvalue weighted by atomic mass is 10.00. The van der Waals surface area contributed by atoms with Crippen molar-refractivity contribution in [2.45, 2.75) is 6.92 Å². The molecule has 0 saturated heterocycles. The van der Waals surface area contributed by atoms with Crippen molar-refractivity contribution < 1.29 is 4.68 Å². The van der Waals surface area contributed by atoms with Crippen LogP contribution in [0.4, 0.5) is 0 Å². The zero-order valence-electron chi connectivity index (χ0n) is 15.3. The smallest absolute Gasteiger partial charge is 0.0622 e. The molecule has 0 spiro atoms. The van der Waals surface area contributed by atoms with Crippen molar-refractivity contribution in [3.8, 4) is 33.6 Å². The van der Waals surface area contributed by atoms with E-state index in [0.717, 1.165) is 22.5 Å². The number of hydrogen-bond donors (Lipinski definition) is 0. The van der Waals surface area contributed by atoms with Gasteiger partial charge in [-0.2, -0.15) is 0 Å². The van der Waals surface area contributed by atoms with Crippen LogP contribution in [0, 0.1) is 0 Å². The molecular formula is C25H21N2+. The molecule has 0 atom stereocenters. The van der Waals surface area contributed by atoms with E-state index in [2.05, 4.69) is 90.0 Å². The zero-order valence-corrected chi connectivity index (χ0v) is 15.3. The van der Waals surface area contributed by atoms with Crippen LogP contribution in [0.25, 0.3) is 33.6 Å². The fourth-order valence-electron chi connectivity index (χ4n) is 3.25. The Balaban J connectivity index is 2.04. The van der Waals surface area contributed by atoms with E-state index in [0.29, 0.717) is 0 Å². The second kappa shape index (κ2) is 7.79. The van der Waals surface area contributed by atoms with Crippen LogP contribution >= 0.6 is 0 Å². The molecule has 0 radical (unpaired) electrons. The van der Waals surface area contributed by atoms with Crippen molar-refractivity contribution in [3.05, 3.63) is 103 Å². The Morgan fingerprint density at radius 1 is 0.556 bits per heavy atom. The Hall–Kier alpha value is -3.52. The maximum atomic E-state index is 4.69. The van der Waals surface area contributed by atoms with Gasteiger partial charge in [-0.05, 0) is 52.1 Å². The van der Waals surface area contributed by atoms with E-state index in [4.69, 9.17) is 0 Å². The predicted octanol–water partition coefficient (Wildman–Crippen LogP) is 5.83. The Morgan fingerprint density at radius 2 is 0.963 bits per heavy atom. The van der Waals surface area contributed by atoms with Gasteiger partial charge in [0.25, 0.3) is 0 Å². The SMILES string of the molecule is C/C=N\[n+]1c(-c2ccccc2)cc(-c2ccccc2)cc1-c1ccccc1. The molecule has 0 aliphatic rings. The lowest BCUT2D eigenvalue weighted by molar-refractivity contribution is -0.656. The molecule has 1 aromatic heterocycles. The Kier molecular flexibility index (Phi) is 4.88. The first-order valence-electron chi connectivity index (χ1n) is 9.12. The van der Waals surface area contributed by atoms with Crippen molar-refractivity contribution in [1.29, 1.82) is 0 Å². The van der Waals surface area contributed by atoms with Gasteiger partial charge in [0, 0.05) is 23.3 Å². The van der Waals surface area contributed by atoms with Crippen molar-refractivity contribution in [3.63, 3.8) is 0 Å². The van der Waals surface area contributed by atoms with Crippen LogP contribution < -0.4 is 4.68 Å². The monoisotopic (exact) mass is 349 g/mol. The first-order valence-corrected chi connectivity index (χ1v) is 9.12. The van der Waals surface area contributed by atoms with Crippen LogP contribution in [-0.4, -0.2) is 6.21 Å². The van der Waals surface area contributed by atoms with E-state index in [-0.39, 0.29) is 0 Å². The molecule has 3 aromatic carbocycles. The number of pyridine rings is 1. The molecule has 0 unspecified atom stereocenters. The van der Waals surface area contributed by atoms with Crippen LogP contribution in [0.5, 0.6) is 0 Å². The Morgan fingerprint density at radius 3 is 1.37 bits per heavy atom. The van der Waals surface area contributed by atoms with Gasteiger partial charge < -0.3 is 0 Å². The average Bonchev–Trinajstić information content (AvgIpc) is 2.76. The molecule has 130 valence electrons. The normalized spacial score (nSPS) is 11.0.